The molecule has 1 saturated heterocycles. The van der Waals surface area contributed by atoms with Crippen LogP contribution in [0.15, 0.2) is 41.5 Å². The molecule has 0 unspecified atom stereocenters. The van der Waals surface area contributed by atoms with Crippen molar-refractivity contribution in [3.05, 3.63) is 46.9 Å². The van der Waals surface area contributed by atoms with Gasteiger partial charge in [-0.3, -0.25) is 14.7 Å². The Morgan fingerprint density at radius 2 is 2.08 bits per heavy atom. The Morgan fingerprint density at radius 1 is 1.21 bits per heavy atom. The highest BCUT2D eigenvalue weighted by atomic mass is 16.5. The lowest BCUT2D eigenvalue weighted by molar-refractivity contribution is 0.0398. The maximum Gasteiger partial charge on any atom is 0.191 e. The van der Waals surface area contributed by atoms with Crippen LogP contribution in [0, 0.1) is 0 Å². The van der Waals surface area contributed by atoms with E-state index >= 15 is 0 Å². The molecular formula is C18H20N4O2. The first-order valence-electron chi connectivity index (χ1n) is 8.26. The largest absolute Gasteiger partial charge is 0.383 e. The fourth-order valence-electron chi connectivity index (χ4n) is 3.21. The summed E-state index contributed by atoms with van der Waals surface area (Å²) in [6.07, 6.45) is 3.42. The molecule has 3 heterocycles. The summed E-state index contributed by atoms with van der Waals surface area (Å²) in [4.78, 5) is 22.2. The third-order valence-electron chi connectivity index (χ3n) is 4.48. The molecule has 6 nitrogen and oxygen atoms in total. The van der Waals surface area contributed by atoms with Gasteiger partial charge >= 0.3 is 0 Å². The lowest BCUT2D eigenvalue weighted by Crippen LogP contribution is -2.39. The first kappa shape index (κ1) is 15.1. The minimum absolute atomic E-state index is 0.00711. The van der Waals surface area contributed by atoms with Crippen LogP contribution >= 0.6 is 0 Å². The van der Waals surface area contributed by atoms with Crippen LogP contribution in [-0.4, -0.2) is 54.3 Å². The van der Waals surface area contributed by atoms with Crippen LogP contribution in [0.2, 0.25) is 0 Å². The number of ether oxygens (including phenoxy) is 1. The van der Waals surface area contributed by atoms with Crippen molar-refractivity contribution in [1.82, 2.24) is 14.9 Å². The number of hydrogen-bond donors (Lipinski definition) is 2. The number of fused-ring (bicyclic) bond motifs is 3. The first-order valence-corrected chi connectivity index (χ1v) is 8.26. The summed E-state index contributed by atoms with van der Waals surface area (Å²) < 4.78 is 5.37. The number of benzene rings is 1. The summed E-state index contributed by atoms with van der Waals surface area (Å²) in [5.41, 5.74) is 2.56. The van der Waals surface area contributed by atoms with Gasteiger partial charge in [0.05, 0.1) is 29.6 Å². The molecule has 24 heavy (non-hydrogen) atoms. The number of anilines is 1. The first-order chi connectivity index (χ1) is 11.8. The molecule has 0 atom stereocenters. The van der Waals surface area contributed by atoms with Gasteiger partial charge in [0.2, 0.25) is 0 Å². The second-order valence-corrected chi connectivity index (χ2v) is 5.97. The Morgan fingerprint density at radius 3 is 2.96 bits per heavy atom. The third-order valence-corrected chi connectivity index (χ3v) is 4.48. The van der Waals surface area contributed by atoms with Gasteiger partial charge in [0.1, 0.15) is 0 Å². The number of morpholine rings is 1. The van der Waals surface area contributed by atoms with E-state index in [1.54, 1.807) is 18.5 Å². The second kappa shape index (κ2) is 6.59. The SMILES string of the molecule is O=c1cc[nH]c2ccc3c(NCCN4CCOCC4)ccnc3c12. The Kier molecular flexibility index (Phi) is 4.15. The molecule has 1 aliphatic heterocycles. The van der Waals surface area contributed by atoms with Gasteiger partial charge in [-0.05, 0) is 18.2 Å². The summed E-state index contributed by atoms with van der Waals surface area (Å²) in [6, 6.07) is 7.46. The summed E-state index contributed by atoms with van der Waals surface area (Å²) in [7, 11) is 0. The van der Waals surface area contributed by atoms with Crippen molar-refractivity contribution in [2.45, 2.75) is 0 Å². The quantitative estimate of drug-likeness (QED) is 0.717. The number of nitrogens with zero attached hydrogens (tertiary/aromatic N) is 2. The van der Waals surface area contributed by atoms with Gasteiger partial charge in [-0.25, -0.2) is 0 Å². The van der Waals surface area contributed by atoms with Crippen LogP contribution in [0.4, 0.5) is 5.69 Å². The Balaban J connectivity index is 1.61. The number of H-pyrrole nitrogens is 1. The van der Waals surface area contributed by atoms with Crippen LogP contribution < -0.4 is 10.7 Å². The van der Waals surface area contributed by atoms with Gasteiger partial charge in [0.25, 0.3) is 0 Å². The van der Waals surface area contributed by atoms with E-state index in [1.807, 2.05) is 18.2 Å². The van der Waals surface area contributed by atoms with Gasteiger partial charge in [-0.1, -0.05) is 0 Å². The molecule has 4 rings (SSSR count). The highest BCUT2D eigenvalue weighted by Crippen LogP contribution is 2.25. The van der Waals surface area contributed by atoms with E-state index < -0.39 is 0 Å². The van der Waals surface area contributed by atoms with Gasteiger partial charge in [-0.15, -0.1) is 0 Å². The zero-order chi connectivity index (χ0) is 16.4. The summed E-state index contributed by atoms with van der Waals surface area (Å²) in [6.45, 7) is 5.42. The van der Waals surface area contributed by atoms with Crippen molar-refractivity contribution in [3.8, 4) is 0 Å². The standard InChI is InChI=1S/C18H20N4O2/c23-16-4-6-19-15-2-1-13-14(3-5-21-18(13)17(15)16)20-7-8-22-9-11-24-12-10-22/h1-6H,7-12H2,(H,19,23)(H,20,21). The van der Waals surface area contributed by atoms with Crippen molar-refractivity contribution < 1.29 is 4.74 Å². The van der Waals surface area contributed by atoms with E-state index in [0.29, 0.717) is 5.39 Å². The van der Waals surface area contributed by atoms with E-state index in [4.69, 9.17) is 4.74 Å². The zero-order valence-corrected chi connectivity index (χ0v) is 13.4. The van der Waals surface area contributed by atoms with Crippen LogP contribution in [0.1, 0.15) is 0 Å². The smallest absolute Gasteiger partial charge is 0.191 e. The number of aromatic amines is 1. The van der Waals surface area contributed by atoms with Crippen LogP contribution in [0.5, 0.6) is 0 Å². The number of rotatable bonds is 4. The summed E-state index contributed by atoms with van der Waals surface area (Å²) in [5, 5.41) is 5.11. The van der Waals surface area contributed by atoms with Crippen molar-refractivity contribution in [2.75, 3.05) is 44.7 Å². The molecule has 2 aromatic heterocycles. The Hall–Kier alpha value is -2.44. The summed E-state index contributed by atoms with van der Waals surface area (Å²) >= 11 is 0. The van der Waals surface area contributed by atoms with Crippen LogP contribution in [0.25, 0.3) is 21.8 Å². The average Bonchev–Trinajstić information content (AvgIpc) is 2.62. The third kappa shape index (κ3) is 2.86. The van der Waals surface area contributed by atoms with Crippen LogP contribution in [0.3, 0.4) is 0 Å². The molecule has 6 heteroatoms. The normalized spacial score (nSPS) is 15.8. The van der Waals surface area contributed by atoms with E-state index in [-0.39, 0.29) is 5.43 Å². The maximum absolute atomic E-state index is 12.2. The summed E-state index contributed by atoms with van der Waals surface area (Å²) in [5.74, 6) is 0. The van der Waals surface area contributed by atoms with Gasteiger partial charge in [-0.2, -0.15) is 0 Å². The Labute approximate surface area is 139 Å². The second-order valence-electron chi connectivity index (χ2n) is 5.97. The molecule has 2 N–H and O–H groups in total. The maximum atomic E-state index is 12.2. The number of nitrogens with one attached hydrogen (secondary N) is 2. The monoisotopic (exact) mass is 324 g/mol. The van der Waals surface area contributed by atoms with Crippen molar-refractivity contribution in [3.63, 3.8) is 0 Å². The molecule has 1 aliphatic rings. The lowest BCUT2D eigenvalue weighted by atomic mass is 10.1. The fraction of sp³-hybridized carbons (Fsp3) is 0.333. The molecule has 3 aromatic rings. The molecule has 0 aliphatic carbocycles. The lowest BCUT2D eigenvalue weighted by Gasteiger charge is -2.26. The molecule has 0 spiro atoms. The van der Waals surface area contributed by atoms with Gasteiger partial charge in [0.15, 0.2) is 5.43 Å². The number of pyridine rings is 2. The molecule has 1 fully saturated rings. The van der Waals surface area contributed by atoms with E-state index in [2.05, 4.69) is 20.2 Å². The molecule has 0 radical (unpaired) electrons. The molecular weight excluding hydrogens is 304 g/mol. The van der Waals surface area contributed by atoms with Gasteiger partial charge < -0.3 is 15.0 Å². The highest BCUT2D eigenvalue weighted by Gasteiger charge is 2.11. The highest BCUT2D eigenvalue weighted by molar-refractivity contribution is 6.07. The predicted octanol–water partition coefficient (Wildman–Crippen LogP) is 1.82. The van der Waals surface area contributed by atoms with Crippen molar-refractivity contribution in [1.29, 1.82) is 0 Å². The number of hydrogen-bond acceptors (Lipinski definition) is 5. The molecule has 0 bridgehead atoms. The minimum atomic E-state index is -0.00711. The van der Waals surface area contributed by atoms with Crippen molar-refractivity contribution in [2.24, 2.45) is 0 Å². The van der Waals surface area contributed by atoms with E-state index in [0.717, 1.165) is 61.5 Å². The van der Waals surface area contributed by atoms with Gasteiger partial charge in [0, 0.05) is 55.7 Å². The minimum Gasteiger partial charge on any atom is -0.383 e. The zero-order valence-electron chi connectivity index (χ0n) is 13.4. The Bertz CT molecular complexity index is 916. The molecule has 0 saturated carbocycles. The van der Waals surface area contributed by atoms with E-state index in [1.165, 1.54) is 0 Å². The topological polar surface area (TPSA) is 70.2 Å². The fourth-order valence-corrected chi connectivity index (χ4v) is 3.21. The molecule has 124 valence electrons. The molecule has 1 aromatic carbocycles. The number of aromatic nitrogens is 2. The predicted molar refractivity (Wildman–Crippen MR) is 95.6 cm³/mol. The van der Waals surface area contributed by atoms with Crippen molar-refractivity contribution >= 4 is 27.5 Å². The molecule has 0 amide bonds. The van der Waals surface area contributed by atoms with E-state index in [9.17, 15) is 4.79 Å². The average molecular weight is 324 g/mol. The van der Waals surface area contributed by atoms with Crippen LogP contribution in [-0.2, 0) is 4.74 Å².